The SMILES string of the molecule is CCn1c2cc(Br)c(C(=O)O)cc2c2cc(C)cc(C)c21. The molecule has 21 heavy (non-hydrogen) atoms. The Kier molecular flexibility index (Phi) is 3.29. The van der Waals surface area contributed by atoms with Crippen molar-refractivity contribution in [3.8, 4) is 0 Å². The van der Waals surface area contributed by atoms with Crippen molar-refractivity contribution < 1.29 is 9.90 Å². The van der Waals surface area contributed by atoms with Crippen LogP contribution >= 0.6 is 15.9 Å². The van der Waals surface area contributed by atoms with Gasteiger partial charge in [-0.15, -0.1) is 0 Å². The smallest absolute Gasteiger partial charge is 0.336 e. The summed E-state index contributed by atoms with van der Waals surface area (Å²) in [4.78, 5) is 11.4. The first-order chi connectivity index (χ1) is 9.93. The normalized spacial score (nSPS) is 11.4. The highest BCUT2D eigenvalue weighted by atomic mass is 79.9. The number of aryl methyl sites for hydroxylation is 3. The van der Waals surface area contributed by atoms with Crippen LogP contribution in [-0.2, 0) is 6.54 Å². The molecule has 0 amide bonds. The van der Waals surface area contributed by atoms with Gasteiger partial charge in [-0.2, -0.15) is 0 Å². The number of hydrogen-bond donors (Lipinski definition) is 1. The largest absolute Gasteiger partial charge is 0.478 e. The Morgan fingerprint density at radius 2 is 1.90 bits per heavy atom. The number of halogens is 1. The minimum atomic E-state index is -0.912. The predicted octanol–water partition coefficient (Wildman–Crippen LogP) is 4.89. The van der Waals surface area contributed by atoms with Crippen molar-refractivity contribution >= 4 is 43.7 Å². The van der Waals surface area contributed by atoms with Crippen LogP contribution < -0.4 is 0 Å². The highest BCUT2D eigenvalue weighted by Gasteiger charge is 2.17. The highest BCUT2D eigenvalue weighted by Crippen LogP contribution is 2.35. The molecule has 4 heteroatoms. The zero-order chi connectivity index (χ0) is 15.3. The van der Waals surface area contributed by atoms with Crippen LogP contribution in [0.3, 0.4) is 0 Å². The first-order valence-corrected chi connectivity index (χ1v) is 7.69. The molecule has 1 N–H and O–H groups in total. The first kappa shape index (κ1) is 14.1. The Hall–Kier alpha value is -1.81. The molecule has 0 saturated carbocycles. The van der Waals surface area contributed by atoms with Crippen molar-refractivity contribution in [2.75, 3.05) is 0 Å². The number of carboxylic acids is 1. The van der Waals surface area contributed by atoms with Crippen LogP contribution in [0.2, 0.25) is 0 Å². The summed E-state index contributed by atoms with van der Waals surface area (Å²) in [7, 11) is 0. The molecule has 0 aliphatic carbocycles. The van der Waals surface area contributed by atoms with Crippen LogP contribution in [0.4, 0.5) is 0 Å². The molecule has 1 heterocycles. The van der Waals surface area contributed by atoms with Gasteiger partial charge in [-0.25, -0.2) is 4.79 Å². The molecular formula is C17H16BrNO2. The van der Waals surface area contributed by atoms with E-state index in [2.05, 4.69) is 53.4 Å². The summed E-state index contributed by atoms with van der Waals surface area (Å²) < 4.78 is 2.87. The minimum Gasteiger partial charge on any atom is -0.478 e. The summed E-state index contributed by atoms with van der Waals surface area (Å²) in [5.41, 5.74) is 4.97. The molecule has 1 aromatic heterocycles. The number of benzene rings is 2. The molecule has 0 fully saturated rings. The topological polar surface area (TPSA) is 42.2 Å². The number of carbonyl (C=O) groups is 1. The van der Waals surface area contributed by atoms with Gasteiger partial charge in [-0.3, -0.25) is 0 Å². The van der Waals surface area contributed by atoms with Crippen LogP contribution in [0.25, 0.3) is 21.8 Å². The Morgan fingerprint density at radius 1 is 1.19 bits per heavy atom. The van der Waals surface area contributed by atoms with Gasteiger partial charge in [0.05, 0.1) is 16.6 Å². The molecule has 3 aromatic rings. The monoisotopic (exact) mass is 345 g/mol. The molecule has 3 nitrogen and oxygen atoms in total. The standard InChI is InChI=1S/C17H16BrNO2/c1-4-19-15-8-14(18)13(17(20)21)7-11(15)12-6-9(2)5-10(3)16(12)19/h5-8H,4H2,1-3H3,(H,20,21). The summed E-state index contributed by atoms with van der Waals surface area (Å²) >= 11 is 3.38. The molecule has 0 aliphatic heterocycles. The van der Waals surface area contributed by atoms with Crippen molar-refractivity contribution in [1.29, 1.82) is 0 Å². The van der Waals surface area contributed by atoms with Crippen LogP contribution in [0.1, 0.15) is 28.4 Å². The van der Waals surface area contributed by atoms with Crippen molar-refractivity contribution in [2.24, 2.45) is 0 Å². The summed E-state index contributed by atoms with van der Waals surface area (Å²) in [6, 6.07) is 7.99. The van der Waals surface area contributed by atoms with E-state index in [4.69, 9.17) is 0 Å². The zero-order valence-corrected chi connectivity index (χ0v) is 13.8. The third-order valence-corrected chi connectivity index (χ3v) is 4.58. The average Bonchev–Trinajstić information content (AvgIpc) is 2.70. The summed E-state index contributed by atoms with van der Waals surface area (Å²) in [6.07, 6.45) is 0. The molecule has 0 bridgehead atoms. The van der Waals surface area contributed by atoms with E-state index in [0.717, 1.165) is 22.8 Å². The molecule has 2 aromatic carbocycles. The molecule has 0 radical (unpaired) electrons. The van der Waals surface area contributed by atoms with E-state index in [9.17, 15) is 9.90 Å². The van der Waals surface area contributed by atoms with E-state index >= 15 is 0 Å². The van der Waals surface area contributed by atoms with Crippen molar-refractivity contribution in [2.45, 2.75) is 27.3 Å². The van der Waals surface area contributed by atoms with Gasteiger partial charge < -0.3 is 9.67 Å². The van der Waals surface area contributed by atoms with Crippen LogP contribution in [0, 0.1) is 13.8 Å². The lowest BCUT2D eigenvalue weighted by atomic mass is 10.0. The van der Waals surface area contributed by atoms with Crippen molar-refractivity contribution in [3.05, 3.63) is 45.4 Å². The Morgan fingerprint density at radius 3 is 2.52 bits per heavy atom. The first-order valence-electron chi connectivity index (χ1n) is 6.90. The van der Waals surface area contributed by atoms with E-state index in [1.165, 1.54) is 16.6 Å². The van der Waals surface area contributed by atoms with E-state index in [0.29, 0.717) is 10.0 Å². The maximum absolute atomic E-state index is 11.4. The van der Waals surface area contributed by atoms with Crippen molar-refractivity contribution in [3.63, 3.8) is 0 Å². The fourth-order valence-electron chi connectivity index (χ4n) is 3.14. The second-order valence-electron chi connectivity index (χ2n) is 5.38. The third kappa shape index (κ3) is 2.05. The molecule has 0 aliphatic rings. The average molecular weight is 346 g/mol. The van der Waals surface area contributed by atoms with Crippen LogP contribution in [-0.4, -0.2) is 15.6 Å². The number of fused-ring (bicyclic) bond motifs is 3. The number of nitrogens with zero attached hydrogens (tertiary/aromatic N) is 1. The maximum Gasteiger partial charge on any atom is 0.336 e. The minimum absolute atomic E-state index is 0.303. The van der Waals surface area contributed by atoms with Gasteiger partial charge >= 0.3 is 5.97 Å². The van der Waals surface area contributed by atoms with Gasteiger partial charge in [-0.1, -0.05) is 11.6 Å². The fourth-order valence-corrected chi connectivity index (χ4v) is 3.64. The predicted molar refractivity (Wildman–Crippen MR) is 89.3 cm³/mol. The Balaban J connectivity index is 2.57. The van der Waals surface area contributed by atoms with Gasteiger partial charge in [0.25, 0.3) is 0 Å². The van der Waals surface area contributed by atoms with Gasteiger partial charge in [0, 0.05) is 21.8 Å². The number of hydrogen-bond acceptors (Lipinski definition) is 1. The quantitative estimate of drug-likeness (QED) is 0.718. The molecule has 108 valence electrons. The van der Waals surface area contributed by atoms with Crippen LogP contribution in [0.5, 0.6) is 0 Å². The van der Waals surface area contributed by atoms with E-state index < -0.39 is 5.97 Å². The van der Waals surface area contributed by atoms with Gasteiger partial charge in [-0.05, 0) is 60.5 Å². The number of carboxylic acid groups (broad SMARTS) is 1. The second-order valence-corrected chi connectivity index (χ2v) is 6.23. The fraction of sp³-hybridized carbons (Fsp3) is 0.235. The maximum atomic E-state index is 11.4. The lowest BCUT2D eigenvalue weighted by molar-refractivity contribution is 0.0696. The molecule has 0 saturated heterocycles. The number of aromatic carboxylic acids is 1. The lowest BCUT2D eigenvalue weighted by Crippen LogP contribution is -1.99. The lowest BCUT2D eigenvalue weighted by Gasteiger charge is -2.06. The second kappa shape index (κ2) is 4.88. The molecule has 0 unspecified atom stereocenters. The molecule has 3 rings (SSSR count). The van der Waals surface area contributed by atoms with Gasteiger partial charge in [0.2, 0.25) is 0 Å². The zero-order valence-electron chi connectivity index (χ0n) is 12.2. The summed E-state index contributed by atoms with van der Waals surface area (Å²) in [5.74, 6) is -0.912. The Bertz CT molecular complexity index is 893. The van der Waals surface area contributed by atoms with Gasteiger partial charge in [0.1, 0.15) is 0 Å². The highest BCUT2D eigenvalue weighted by molar-refractivity contribution is 9.10. The molecule has 0 spiro atoms. The van der Waals surface area contributed by atoms with Crippen molar-refractivity contribution in [1.82, 2.24) is 4.57 Å². The third-order valence-electron chi connectivity index (χ3n) is 3.93. The van der Waals surface area contributed by atoms with E-state index in [1.807, 2.05) is 6.07 Å². The number of aromatic nitrogens is 1. The summed E-state index contributed by atoms with van der Waals surface area (Å²) in [6.45, 7) is 7.13. The van der Waals surface area contributed by atoms with Crippen LogP contribution in [0.15, 0.2) is 28.7 Å². The van der Waals surface area contributed by atoms with Gasteiger partial charge in [0.15, 0.2) is 0 Å². The molecule has 0 atom stereocenters. The van der Waals surface area contributed by atoms with E-state index in [1.54, 1.807) is 6.07 Å². The number of rotatable bonds is 2. The molecular weight excluding hydrogens is 330 g/mol. The Labute approximate surface area is 131 Å². The van der Waals surface area contributed by atoms with E-state index in [-0.39, 0.29) is 0 Å². The summed E-state index contributed by atoms with van der Waals surface area (Å²) in [5, 5.41) is 11.5.